The van der Waals surface area contributed by atoms with Gasteiger partial charge in [0.2, 0.25) is 5.91 Å². The zero-order valence-electron chi connectivity index (χ0n) is 7.81. The van der Waals surface area contributed by atoms with E-state index in [2.05, 4.69) is 5.32 Å². The number of rotatable bonds is 2. The Kier molecular flexibility index (Phi) is 2.87. The summed E-state index contributed by atoms with van der Waals surface area (Å²) in [6, 6.07) is 0.229. The zero-order chi connectivity index (χ0) is 9.14. The molecule has 1 saturated heterocycles. The lowest BCUT2D eigenvalue weighted by Crippen LogP contribution is -2.48. The van der Waals surface area contributed by atoms with Crippen molar-refractivity contribution in [3.8, 4) is 0 Å². The Morgan fingerprint density at radius 3 is 2.25 bits per heavy atom. The van der Waals surface area contributed by atoms with Crippen molar-refractivity contribution in [2.45, 2.75) is 26.8 Å². The van der Waals surface area contributed by atoms with E-state index in [9.17, 15) is 4.79 Å². The van der Waals surface area contributed by atoms with Gasteiger partial charge in [-0.25, -0.2) is 0 Å². The molecule has 0 aromatic rings. The topological polar surface area (TPSA) is 38.3 Å². The summed E-state index contributed by atoms with van der Waals surface area (Å²) >= 11 is 0. The molecule has 0 saturated carbocycles. The minimum atomic E-state index is 0.0308. The molecule has 0 unspecified atom stereocenters. The van der Waals surface area contributed by atoms with Crippen LogP contribution in [0.4, 0.5) is 0 Å². The zero-order valence-corrected chi connectivity index (χ0v) is 7.81. The number of allylic oxidation sites excluding steroid dienone is 1. The van der Waals surface area contributed by atoms with Crippen LogP contribution in [-0.2, 0) is 9.53 Å². The Hall–Kier alpha value is -0.830. The van der Waals surface area contributed by atoms with E-state index >= 15 is 0 Å². The molecule has 1 heterocycles. The minimum Gasteiger partial charge on any atom is -0.377 e. The van der Waals surface area contributed by atoms with Gasteiger partial charge in [0, 0.05) is 5.57 Å². The van der Waals surface area contributed by atoms with Gasteiger partial charge in [-0.3, -0.25) is 4.79 Å². The van der Waals surface area contributed by atoms with Crippen molar-refractivity contribution >= 4 is 5.91 Å². The Morgan fingerprint density at radius 1 is 1.33 bits per heavy atom. The van der Waals surface area contributed by atoms with Crippen LogP contribution in [0.15, 0.2) is 11.1 Å². The average Bonchev–Trinajstić information content (AvgIpc) is 1.94. The van der Waals surface area contributed by atoms with Crippen molar-refractivity contribution in [1.29, 1.82) is 0 Å². The molecule has 3 nitrogen and oxygen atoms in total. The molecule has 0 aliphatic carbocycles. The third-order valence-electron chi connectivity index (χ3n) is 2.06. The van der Waals surface area contributed by atoms with Crippen LogP contribution < -0.4 is 5.32 Å². The molecule has 0 bridgehead atoms. The molecule has 0 atom stereocenters. The first-order valence-corrected chi connectivity index (χ1v) is 4.14. The van der Waals surface area contributed by atoms with Crippen molar-refractivity contribution < 1.29 is 9.53 Å². The summed E-state index contributed by atoms with van der Waals surface area (Å²) in [5, 5.41) is 2.88. The standard InChI is InChI=1S/C9H15NO2/c1-6(2)7(3)9(11)10-8-4-12-5-8/h8H,4-5H2,1-3H3,(H,10,11). The molecule has 1 aliphatic heterocycles. The summed E-state index contributed by atoms with van der Waals surface area (Å²) in [7, 11) is 0. The fraction of sp³-hybridized carbons (Fsp3) is 0.667. The Labute approximate surface area is 72.8 Å². The van der Waals surface area contributed by atoms with Crippen molar-refractivity contribution in [3.63, 3.8) is 0 Å². The summed E-state index contributed by atoms with van der Waals surface area (Å²) in [4.78, 5) is 11.4. The molecular formula is C9H15NO2. The van der Waals surface area contributed by atoms with E-state index in [0.29, 0.717) is 13.2 Å². The highest BCUT2D eigenvalue weighted by molar-refractivity contribution is 5.93. The van der Waals surface area contributed by atoms with E-state index in [1.807, 2.05) is 20.8 Å². The summed E-state index contributed by atoms with van der Waals surface area (Å²) in [6.07, 6.45) is 0. The maximum absolute atomic E-state index is 11.4. The van der Waals surface area contributed by atoms with Crippen molar-refractivity contribution in [3.05, 3.63) is 11.1 Å². The maximum Gasteiger partial charge on any atom is 0.247 e. The lowest BCUT2D eigenvalue weighted by atomic mass is 10.1. The van der Waals surface area contributed by atoms with Gasteiger partial charge in [0.05, 0.1) is 19.3 Å². The molecule has 0 aromatic heterocycles. The molecule has 1 N–H and O–H groups in total. The van der Waals surface area contributed by atoms with E-state index in [4.69, 9.17) is 4.74 Å². The van der Waals surface area contributed by atoms with E-state index in [0.717, 1.165) is 11.1 Å². The van der Waals surface area contributed by atoms with E-state index in [-0.39, 0.29) is 11.9 Å². The molecule has 1 aliphatic rings. The normalized spacial score (nSPS) is 16.6. The van der Waals surface area contributed by atoms with Crippen LogP contribution >= 0.6 is 0 Å². The molecule has 12 heavy (non-hydrogen) atoms. The van der Waals surface area contributed by atoms with Gasteiger partial charge in [0.15, 0.2) is 0 Å². The lowest BCUT2D eigenvalue weighted by Gasteiger charge is -2.27. The first-order valence-electron chi connectivity index (χ1n) is 4.14. The predicted molar refractivity (Wildman–Crippen MR) is 46.8 cm³/mol. The highest BCUT2D eigenvalue weighted by Crippen LogP contribution is 2.05. The van der Waals surface area contributed by atoms with Crippen LogP contribution in [-0.4, -0.2) is 25.2 Å². The number of hydrogen-bond donors (Lipinski definition) is 1. The molecule has 1 amide bonds. The summed E-state index contributed by atoms with van der Waals surface area (Å²) < 4.78 is 4.95. The van der Waals surface area contributed by atoms with Gasteiger partial charge in [-0.05, 0) is 20.8 Å². The average molecular weight is 169 g/mol. The van der Waals surface area contributed by atoms with Crippen LogP contribution in [0.2, 0.25) is 0 Å². The Balaban J connectivity index is 2.42. The van der Waals surface area contributed by atoms with E-state index in [1.54, 1.807) is 0 Å². The second-order valence-electron chi connectivity index (χ2n) is 3.33. The van der Waals surface area contributed by atoms with Crippen molar-refractivity contribution in [1.82, 2.24) is 5.32 Å². The van der Waals surface area contributed by atoms with E-state index < -0.39 is 0 Å². The second kappa shape index (κ2) is 3.72. The largest absolute Gasteiger partial charge is 0.377 e. The fourth-order valence-corrected chi connectivity index (χ4v) is 0.840. The number of carbonyl (C=O) groups excluding carboxylic acids is 1. The summed E-state index contributed by atoms with van der Waals surface area (Å²) in [5.41, 5.74) is 1.87. The van der Waals surface area contributed by atoms with Crippen LogP contribution in [0.3, 0.4) is 0 Å². The lowest BCUT2D eigenvalue weighted by molar-refractivity contribution is -0.121. The third-order valence-corrected chi connectivity index (χ3v) is 2.06. The van der Waals surface area contributed by atoms with Crippen LogP contribution in [0.5, 0.6) is 0 Å². The number of nitrogens with one attached hydrogen (secondary N) is 1. The summed E-state index contributed by atoms with van der Waals surface area (Å²) in [5.74, 6) is 0.0308. The molecule has 0 aromatic carbocycles. The van der Waals surface area contributed by atoms with Crippen LogP contribution in [0.1, 0.15) is 20.8 Å². The van der Waals surface area contributed by atoms with Crippen LogP contribution in [0.25, 0.3) is 0 Å². The summed E-state index contributed by atoms with van der Waals surface area (Å²) in [6.45, 7) is 7.02. The molecule has 0 spiro atoms. The van der Waals surface area contributed by atoms with Crippen molar-refractivity contribution in [2.75, 3.05) is 13.2 Å². The van der Waals surface area contributed by atoms with Gasteiger partial charge in [0.1, 0.15) is 0 Å². The number of amides is 1. The van der Waals surface area contributed by atoms with Crippen LogP contribution in [0, 0.1) is 0 Å². The molecular weight excluding hydrogens is 154 g/mol. The van der Waals surface area contributed by atoms with Gasteiger partial charge >= 0.3 is 0 Å². The smallest absolute Gasteiger partial charge is 0.247 e. The van der Waals surface area contributed by atoms with Gasteiger partial charge in [-0.15, -0.1) is 0 Å². The van der Waals surface area contributed by atoms with E-state index in [1.165, 1.54) is 0 Å². The second-order valence-corrected chi connectivity index (χ2v) is 3.33. The highest BCUT2D eigenvalue weighted by atomic mass is 16.5. The molecule has 0 radical (unpaired) electrons. The number of ether oxygens (including phenoxy) is 1. The van der Waals surface area contributed by atoms with Gasteiger partial charge in [0.25, 0.3) is 0 Å². The van der Waals surface area contributed by atoms with Gasteiger partial charge < -0.3 is 10.1 Å². The first kappa shape index (κ1) is 9.26. The fourth-order valence-electron chi connectivity index (χ4n) is 0.840. The molecule has 1 fully saturated rings. The predicted octanol–water partition coefficient (Wildman–Crippen LogP) is 0.858. The van der Waals surface area contributed by atoms with Crippen molar-refractivity contribution in [2.24, 2.45) is 0 Å². The maximum atomic E-state index is 11.4. The Morgan fingerprint density at radius 2 is 1.92 bits per heavy atom. The monoisotopic (exact) mass is 169 g/mol. The van der Waals surface area contributed by atoms with Gasteiger partial charge in [-0.2, -0.15) is 0 Å². The molecule has 3 heteroatoms. The number of hydrogen-bond acceptors (Lipinski definition) is 2. The van der Waals surface area contributed by atoms with Gasteiger partial charge in [-0.1, -0.05) is 5.57 Å². The third kappa shape index (κ3) is 2.08. The first-order chi connectivity index (χ1) is 5.61. The minimum absolute atomic E-state index is 0.0308. The highest BCUT2D eigenvalue weighted by Gasteiger charge is 2.20. The quantitative estimate of drug-likeness (QED) is 0.622. The molecule has 1 rings (SSSR count). The number of carbonyl (C=O) groups is 1. The Bertz CT molecular complexity index is 213. The SMILES string of the molecule is CC(C)=C(C)C(=O)NC1COC1. The molecule has 68 valence electrons.